The molecule has 0 saturated heterocycles. The van der Waals surface area contributed by atoms with Crippen molar-refractivity contribution in [3.63, 3.8) is 0 Å². The number of ether oxygens (including phenoxy) is 1. The summed E-state index contributed by atoms with van der Waals surface area (Å²) in [6, 6.07) is 11.4. The number of hydrogen-bond acceptors (Lipinski definition) is 5. The van der Waals surface area contributed by atoms with E-state index in [4.69, 9.17) is 4.74 Å². The molecule has 0 aromatic heterocycles. The molecule has 0 atom stereocenters. The van der Waals surface area contributed by atoms with E-state index in [1.165, 1.54) is 12.1 Å². The first kappa shape index (κ1) is 16.8. The van der Waals surface area contributed by atoms with Crippen LogP contribution in [0.5, 0.6) is 5.75 Å². The van der Waals surface area contributed by atoms with Crippen LogP contribution >= 0.6 is 0 Å². The lowest BCUT2D eigenvalue weighted by atomic mass is 10.3. The SMILES string of the molecule is CCCOc1ccccc1NS(=O)(=O)c1ccc([N+](=O)[O-])cc1. The van der Waals surface area contributed by atoms with Crippen molar-refractivity contribution in [3.05, 3.63) is 58.6 Å². The third kappa shape index (κ3) is 4.19. The van der Waals surface area contributed by atoms with E-state index >= 15 is 0 Å². The Kier molecular flexibility index (Phi) is 5.17. The lowest BCUT2D eigenvalue weighted by Crippen LogP contribution is -2.14. The van der Waals surface area contributed by atoms with Gasteiger partial charge in [-0.2, -0.15) is 0 Å². The first-order valence-corrected chi connectivity index (χ1v) is 8.41. The molecule has 0 bridgehead atoms. The van der Waals surface area contributed by atoms with Gasteiger partial charge in [-0.15, -0.1) is 0 Å². The highest BCUT2D eigenvalue weighted by Crippen LogP contribution is 2.27. The summed E-state index contributed by atoms with van der Waals surface area (Å²) in [4.78, 5) is 9.97. The second-order valence-corrected chi connectivity index (χ2v) is 6.38. The predicted octanol–water partition coefficient (Wildman–Crippen LogP) is 3.18. The summed E-state index contributed by atoms with van der Waals surface area (Å²) in [6.07, 6.45) is 0.795. The van der Waals surface area contributed by atoms with Gasteiger partial charge in [0.25, 0.3) is 15.7 Å². The van der Waals surface area contributed by atoms with Crippen LogP contribution in [0.25, 0.3) is 0 Å². The summed E-state index contributed by atoms with van der Waals surface area (Å²) in [5, 5.41) is 10.6. The third-order valence-corrected chi connectivity index (χ3v) is 4.33. The van der Waals surface area contributed by atoms with Crippen LogP contribution < -0.4 is 9.46 Å². The van der Waals surface area contributed by atoms with Gasteiger partial charge in [-0.25, -0.2) is 8.42 Å². The van der Waals surface area contributed by atoms with Crippen molar-refractivity contribution in [2.45, 2.75) is 18.2 Å². The van der Waals surface area contributed by atoms with Crippen LogP contribution in [0.1, 0.15) is 13.3 Å². The number of non-ortho nitro benzene ring substituents is 1. The molecule has 2 aromatic carbocycles. The lowest BCUT2D eigenvalue weighted by molar-refractivity contribution is -0.384. The summed E-state index contributed by atoms with van der Waals surface area (Å²) in [5.74, 6) is 0.430. The largest absolute Gasteiger partial charge is 0.491 e. The number of anilines is 1. The minimum Gasteiger partial charge on any atom is -0.491 e. The standard InChI is InChI=1S/C15H16N2O5S/c1-2-11-22-15-6-4-3-5-14(15)16-23(20,21)13-9-7-12(8-10-13)17(18)19/h3-10,16H,2,11H2,1H3. The lowest BCUT2D eigenvalue weighted by Gasteiger charge is -2.13. The summed E-state index contributed by atoms with van der Waals surface area (Å²) in [6.45, 7) is 2.42. The number of sulfonamides is 1. The zero-order valence-electron chi connectivity index (χ0n) is 12.4. The highest BCUT2D eigenvalue weighted by Gasteiger charge is 2.17. The van der Waals surface area contributed by atoms with E-state index in [1.807, 2.05) is 6.92 Å². The van der Waals surface area contributed by atoms with Crippen LogP contribution in [0, 0.1) is 10.1 Å². The Morgan fingerprint density at radius 2 is 1.78 bits per heavy atom. The normalized spacial score (nSPS) is 11.0. The van der Waals surface area contributed by atoms with Crippen molar-refractivity contribution in [2.75, 3.05) is 11.3 Å². The maximum absolute atomic E-state index is 12.4. The van der Waals surface area contributed by atoms with Crippen LogP contribution in [0.4, 0.5) is 11.4 Å². The molecule has 0 radical (unpaired) electrons. The molecular weight excluding hydrogens is 320 g/mol. The predicted molar refractivity (Wildman–Crippen MR) is 86.1 cm³/mol. The van der Waals surface area contributed by atoms with Gasteiger partial charge in [0, 0.05) is 12.1 Å². The monoisotopic (exact) mass is 336 g/mol. The fourth-order valence-corrected chi connectivity index (χ4v) is 2.91. The molecule has 23 heavy (non-hydrogen) atoms. The van der Waals surface area contributed by atoms with Crippen molar-refractivity contribution in [1.29, 1.82) is 0 Å². The molecule has 0 aliphatic carbocycles. The van der Waals surface area contributed by atoms with Crippen molar-refractivity contribution >= 4 is 21.4 Å². The van der Waals surface area contributed by atoms with E-state index in [9.17, 15) is 18.5 Å². The number of hydrogen-bond donors (Lipinski definition) is 1. The molecule has 1 N–H and O–H groups in total. The zero-order valence-corrected chi connectivity index (χ0v) is 13.2. The Hall–Kier alpha value is -2.61. The summed E-state index contributed by atoms with van der Waals surface area (Å²) in [7, 11) is -3.86. The van der Waals surface area contributed by atoms with E-state index in [1.54, 1.807) is 24.3 Å². The van der Waals surface area contributed by atoms with Crippen LogP contribution in [-0.4, -0.2) is 19.9 Å². The first-order valence-electron chi connectivity index (χ1n) is 6.93. The fourth-order valence-electron chi connectivity index (χ4n) is 1.84. The van der Waals surface area contributed by atoms with Gasteiger partial charge in [-0.3, -0.25) is 14.8 Å². The zero-order chi connectivity index (χ0) is 16.9. The van der Waals surface area contributed by atoms with E-state index in [2.05, 4.69) is 4.72 Å². The molecule has 8 heteroatoms. The molecule has 0 aliphatic rings. The third-order valence-electron chi connectivity index (χ3n) is 2.95. The molecular formula is C15H16N2O5S. The Labute approximate surface area is 134 Å². The highest BCUT2D eigenvalue weighted by molar-refractivity contribution is 7.92. The van der Waals surface area contributed by atoms with Crippen LogP contribution in [0.2, 0.25) is 0 Å². The Bertz CT molecular complexity index is 788. The fraction of sp³-hybridized carbons (Fsp3) is 0.200. The maximum atomic E-state index is 12.4. The molecule has 0 unspecified atom stereocenters. The molecule has 7 nitrogen and oxygen atoms in total. The van der Waals surface area contributed by atoms with Crippen LogP contribution in [0.15, 0.2) is 53.4 Å². The van der Waals surface area contributed by atoms with Crippen molar-refractivity contribution in [3.8, 4) is 5.75 Å². The number of benzene rings is 2. The van der Waals surface area contributed by atoms with E-state index < -0.39 is 14.9 Å². The van der Waals surface area contributed by atoms with Gasteiger partial charge in [-0.05, 0) is 30.7 Å². The smallest absolute Gasteiger partial charge is 0.269 e. The Morgan fingerprint density at radius 3 is 2.39 bits per heavy atom. The molecule has 122 valence electrons. The number of nitrogens with zero attached hydrogens (tertiary/aromatic N) is 1. The van der Waals surface area contributed by atoms with Crippen molar-refractivity contribution in [2.24, 2.45) is 0 Å². The van der Waals surface area contributed by atoms with E-state index in [-0.39, 0.29) is 10.6 Å². The summed E-state index contributed by atoms with van der Waals surface area (Å²) in [5.41, 5.74) is 0.148. The molecule has 0 amide bonds. The number of nitro groups is 1. The van der Waals surface area contributed by atoms with Gasteiger partial charge < -0.3 is 4.74 Å². The van der Waals surface area contributed by atoms with Gasteiger partial charge in [0.1, 0.15) is 5.75 Å². The first-order chi connectivity index (χ1) is 10.9. The molecule has 0 fully saturated rings. The number of rotatable bonds is 7. The molecule has 0 heterocycles. The van der Waals surface area contributed by atoms with Gasteiger partial charge in [0.15, 0.2) is 0 Å². The second-order valence-electron chi connectivity index (χ2n) is 4.70. The number of nitrogens with one attached hydrogen (secondary N) is 1. The van der Waals surface area contributed by atoms with E-state index in [0.29, 0.717) is 18.0 Å². The van der Waals surface area contributed by atoms with E-state index in [0.717, 1.165) is 18.6 Å². The molecule has 2 rings (SSSR count). The topological polar surface area (TPSA) is 98.5 Å². The average molecular weight is 336 g/mol. The van der Waals surface area contributed by atoms with Gasteiger partial charge in [-0.1, -0.05) is 19.1 Å². The molecule has 0 spiro atoms. The average Bonchev–Trinajstić information content (AvgIpc) is 2.54. The van der Waals surface area contributed by atoms with Gasteiger partial charge in [0.2, 0.25) is 0 Å². The van der Waals surface area contributed by atoms with Gasteiger partial charge in [0.05, 0.1) is 22.1 Å². The minimum absolute atomic E-state index is 0.0617. The number of para-hydroxylation sites is 2. The Morgan fingerprint density at radius 1 is 1.13 bits per heavy atom. The number of nitro benzene ring substituents is 1. The highest BCUT2D eigenvalue weighted by atomic mass is 32.2. The van der Waals surface area contributed by atoms with Gasteiger partial charge >= 0.3 is 0 Å². The van der Waals surface area contributed by atoms with Crippen LogP contribution in [0.3, 0.4) is 0 Å². The summed E-state index contributed by atoms with van der Waals surface area (Å²) < 4.78 is 32.7. The second kappa shape index (κ2) is 7.10. The van der Waals surface area contributed by atoms with Crippen LogP contribution in [-0.2, 0) is 10.0 Å². The quantitative estimate of drug-likeness (QED) is 0.618. The molecule has 0 aliphatic heterocycles. The minimum atomic E-state index is -3.86. The maximum Gasteiger partial charge on any atom is 0.269 e. The Balaban J connectivity index is 2.26. The summed E-state index contributed by atoms with van der Waals surface area (Å²) >= 11 is 0. The van der Waals surface area contributed by atoms with Crippen molar-refractivity contribution < 1.29 is 18.1 Å². The molecule has 0 saturated carbocycles. The van der Waals surface area contributed by atoms with Crippen molar-refractivity contribution in [1.82, 2.24) is 0 Å². The molecule has 2 aromatic rings.